The van der Waals surface area contributed by atoms with Crippen LogP contribution in [0.15, 0.2) is 29.1 Å². The van der Waals surface area contributed by atoms with Crippen molar-refractivity contribution in [3.63, 3.8) is 0 Å². The van der Waals surface area contributed by atoms with Crippen LogP contribution < -0.4 is 16.1 Å². The first-order valence-electron chi connectivity index (χ1n) is 5.83. The van der Waals surface area contributed by atoms with Gasteiger partial charge in [0, 0.05) is 32.4 Å². The molecule has 1 aromatic carbocycles. The van der Waals surface area contributed by atoms with Gasteiger partial charge in [0.25, 0.3) is 11.2 Å². The molecule has 0 radical (unpaired) electrons. The van der Waals surface area contributed by atoms with E-state index in [0.29, 0.717) is 16.3 Å². The van der Waals surface area contributed by atoms with Gasteiger partial charge in [0.1, 0.15) is 0 Å². The van der Waals surface area contributed by atoms with Crippen LogP contribution in [0.4, 0.5) is 5.69 Å². The van der Waals surface area contributed by atoms with Crippen LogP contribution >= 0.6 is 0 Å². The van der Waals surface area contributed by atoms with Gasteiger partial charge in [-0.15, -0.1) is 0 Å². The van der Waals surface area contributed by atoms with Crippen LogP contribution in [0.5, 0.6) is 0 Å². The van der Waals surface area contributed by atoms with E-state index >= 15 is 0 Å². The summed E-state index contributed by atoms with van der Waals surface area (Å²) >= 11 is 0. The third-order valence-corrected chi connectivity index (χ3v) is 2.71. The molecule has 0 atom stereocenters. The summed E-state index contributed by atoms with van der Waals surface area (Å²) in [7, 11) is 3.62. The van der Waals surface area contributed by atoms with Gasteiger partial charge in [-0.25, -0.2) is 4.68 Å². The average molecular weight is 274 g/mol. The number of benzene rings is 1. The maximum atomic E-state index is 12.2. The van der Waals surface area contributed by atoms with E-state index in [1.54, 1.807) is 11.1 Å². The fourth-order valence-corrected chi connectivity index (χ4v) is 1.79. The lowest BCUT2D eigenvalue weighted by Gasteiger charge is -2.01. The summed E-state index contributed by atoms with van der Waals surface area (Å²) in [5.41, 5.74) is 0.240. The minimum absolute atomic E-state index is 0.0247. The third-order valence-electron chi connectivity index (χ3n) is 2.71. The number of non-ortho nitro benzene ring substituents is 1. The molecule has 1 heterocycles. The van der Waals surface area contributed by atoms with Crippen LogP contribution in [-0.4, -0.2) is 33.7 Å². The zero-order valence-electron chi connectivity index (χ0n) is 11.2. The Hall–Kier alpha value is -2.83. The van der Waals surface area contributed by atoms with E-state index in [-0.39, 0.29) is 11.2 Å². The van der Waals surface area contributed by atoms with Gasteiger partial charge in [0.05, 0.1) is 21.2 Å². The number of hydrogen-bond donors (Lipinski definition) is 1. The number of aromatic nitrogens is 2. The highest BCUT2D eigenvalue weighted by Crippen LogP contribution is 2.12. The molecule has 1 aromatic heterocycles. The van der Waals surface area contributed by atoms with Crippen LogP contribution in [0.25, 0.3) is 18.5 Å². The maximum Gasteiger partial charge on any atom is 0.280 e. The van der Waals surface area contributed by atoms with E-state index < -0.39 is 4.92 Å². The number of rotatable bonds is 3. The van der Waals surface area contributed by atoms with Crippen LogP contribution in [-0.2, 0) is 0 Å². The Morgan fingerprint density at radius 3 is 2.45 bits per heavy atom. The molecule has 104 valence electrons. The van der Waals surface area contributed by atoms with Gasteiger partial charge < -0.3 is 4.90 Å². The van der Waals surface area contributed by atoms with Crippen molar-refractivity contribution in [2.24, 2.45) is 0 Å². The lowest BCUT2D eigenvalue weighted by atomic mass is 10.3. The summed E-state index contributed by atoms with van der Waals surface area (Å²) in [6.45, 7) is 3.78. The zero-order chi connectivity index (χ0) is 14.9. The van der Waals surface area contributed by atoms with E-state index in [1.807, 2.05) is 14.1 Å². The molecule has 0 fully saturated rings. The average Bonchev–Trinajstić information content (AvgIpc) is 2.66. The van der Waals surface area contributed by atoms with Crippen molar-refractivity contribution in [2.45, 2.75) is 0 Å². The highest BCUT2D eigenvalue weighted by molar-refractivity contribution is 5.40. The molecule has 0 saturated heterocycles. The minimum atomic E-state index is -0.487. The van der Waals surface area contributed by atoms with Gasteiger partial charge >= 0.3 is 0 Å². The van der Waals surface area contributed by atoms with Crippen molar-refractivity contribution in [3.05, 3.63) is 55.3 Å². The molecule has 7 nitrogen and oxygen atoms in total. The first kappa shape index (κ1) is 13.6. The number of H-pyrrole nitrogens is 1. The molecule has 1 N–H and O–H groups in total. The molecule has 0 aliphatic carbocycles. The third kappa shape index (κ3) is 2.46. The monoisotopic (exact) mass is 274 g/mol. The molecule has 0 aliphatic rings. The molecule has 0 spiro atoms. The van der Waals surface area contributed by atoms with Gasteiger partial charge in [0.2, 0.25) is 0 Å². The Morgan fingerprint density at radius 1 is 1.35 bits per heavy atom. The molecule has 20 heavy (non-hydrogen) atoms. The normalized spacial score (nSPS) is 11.6. The fourth-order valence-electron chi connectivity index (χ4n) is 1.79. The van der Waals surface area contributed by atoms with E-state index in [4.69, 9.17) is 0 Å². The van der Waals surface area contributed by atoms with Crippen LogP contribution in [0, 0.1) is 10.1 Å². The molecule has 2 rings (SSSR count). The Morgan fingerprint density at radius 2 is 1.95 bits per heavy atom. The topological polar surface area (TPSA) is 84.2 Å². The summed E-state index contributed by atoms with van der Waals surface area (Å²) in [5, 5.41) is 14.4. The number of nitro groups is 1. The summed E-state index contributed by atoms with van der Waals surface area (Å²) in [4.78, 5) is 24.1. The Kier molecular flexibility index (Phi) is 3.43. The highest BCUT2D eigenvalue weighted by Gasteiger charge is 2.08. The smallest absolute Gasteiger partial charge is 0.280 e. The molecular weight excluding hydrogens is 260 g/mol. The molecule has 0 bridgehead atoms. The number of aromatic amines is 1. The van der Waals surface area contributed by atoms with Gasteiger partial charge in [-0.3, -0.25) is 20.0 Å². The van der Waals surface area contributed by atoms with Crippen LogP contribution in [0.1, 0.15) is 0 Å². The lowest BCUT2D eigenvalue weighted by molar-refractivity contribution is -0.384. The minimum Gasteiger partial charge on any atom is -0.383 e. The largest absolute Gasteiger partial charge is 0.383 e. The Balaban J connectivity index is 2.58. The molecule has 0 saturated carbocycles. The fraction of sp³-hybridized carbons (Fsp3) is 0.154. The second kappa shape index (κ2) is 5.04. The Bertz CT molecular complexity index is 800. The van der Waals surface area contributed by atoms with Gasteiger partial charge in [-0.05, 0) is 12.1 Å². The second-order valence-electron chi connectivity index (χ2n) is 4.51. The van der Waals surface area contributed by atoms with Gasteiger partial charge in [0.15, 0.2) is 0 Å². The number of nitrogens with zero attached hydrogens (tertiary/aromatic N) is 3. The Labute approximate surface area is 114 Å². The van der Waals surface area contributed by atoms with Crippen molar-refractivity contribution in [1.82, 2.24) is 14.7 Å². The standard InChI is InChI=1S/C13H14N4O3/c1-9-12(8-15(2)3)13(18)16(14-9)10-4-6-11(7-5-10)17(19)20/h4-8,14H,1H2,2-3H3. The molecule has 0 unspecified atom stereocenters. The lowest BCUT2D eigenvalue weighted by Crippen LogP contribution is -2.35. The van der Waals surface area contributed by atoms with Crippen molar-refractivity contribution in [2.75, 3.05) is 14.1 Å². The van der Waals surface area contributed by atoms with E-state index in [0.717, 1.165) is 0 Å². The quantitative estimate of drug-likeness (QED) is 0.619. The highest BCUT2D eigenvalue weighted by atomic mass is 16.6. The number of nitro benzene ring substituents is 1. The second-order valence-corrected chi connectivity index (χ2v) is 4.51. The molecule has 7 heteroatoms. The van der Waals surface area contributed by atoms with Gasteiger partial charge in [-0.2, -0.15) is 0 Å². The van der Waals surface area contributed by atoms with Gasteiger partial charge in [-0.1, -0.05) is 6.58 Å². The molecule has 2 aromatic rings. The summed E-state index contributed by atoms with van der Waals surface area (Å²) < 4.78 is 1.31. The molecular formula is C13H14N4O3. The zero-order valence-corrected chi connectivity index (χ0v) is 11.2. The van der Waals surface area contributed by atoms with E-state index in [2.05, 4.69) is 11.7 Å². The SMILES string of the molecule is C=c1[nH]n(-c2ccc([N+](=O)[O-])cc2)c(=O)c1=CN(C)C. The number of hydrogen-bond acceptors (Lipinski definition) is 4. The summed E-state index contributed by atoms with van der Waals surface area (Å²) in [5.74, 6) is 0. The maximum absolute atomic E-state index is 12.2. The molecule has 0 aliphatic heterocycles. The van der Waals surface area contributed by atoms with Crippen molar-refractivity contribution >= 4 is 18.5 Å². The first-order valence-corrected chi connectivity index (χ1v) is 5.83. The van der Waals surface area contributed by atoms with Crippen molar-refractivity contribution in [3.8, 4) is 5.69 Å². The first-order chi connectivity index (χ1) is 9.40. The van der Waals surface area contributed by atoms with E-state index in [1.165, 1.54) is 28.9 Å². The van der Waals surface area contributed by atoms with Crippen LogP contribution in [0.2, 0.25) is 0 Å². The van der Waals surface area contributed by atoms with E-state index in [9.17, 15) is 14.9 Å². The van der Waals surface area contributed by atoms with Crippen molar-refractivity contribution in [1.29, 1.82) is 0 Å². The predicted octanol–water partition coefficient (Wildman–Crippen LogP) is -0.216. The summed E-state index contributed by atoms with van der Waals surface area (Å²) in [6, 6.07) is 5.71. The molecule has 0 amide bonds. The number of nitrogens with one attached hydrogen (secondary N) is 1. The van der Waals surface area contributed by atoms with Crippen molar-refractivity contribution < 1.29 is 4.92 Å². The predicted molar refractivity (Wildman–Crippen MR) is 76.0 cm³/mol. The van der Waals surface area contributed by atoms with Crippen LogP contribution in [0.3, 0.4) is 0 Å². The summed E-state index contributed by atoms with van der Waals surface area (Å²) in [6.07, 6.45) is 1.67.